The summed E-state index contributed by atoms with van der Waals surface area (Å²) in [7, 11) is 0. The Morgan fingerprint density at radius 1 is 1.30 bits per heavy atom. The summed E-state index contributed by atoms with van der Waals surface area (Å²) in [5, 5.41) is 11.7. The maximum absolute atomic E-state index is 12.1. The second kappa shape index (κ2) is 7.72. The number of rotatable bonds is 3. The fourth-order valence-electron chi connectivity index (χ4n) is 2.61. The summed E-state index contributed by atoms with van der Waals surface area (Å²) in [4.78, 5) is 12.1. The molecule has 1 aliphatic carbocycles. The topological polar surface area (TPSA) is 49.3 Å². The van der Waals surface area contributed by atoms with Crippen molar-refractivity contribution in [3.8, 4) is 11.8 Å². The van der Waals surface area contributed by atoms with Crippen molar-refractivity contribution in [3.63, 3.8) is 0 Å². The molecule has 0 aromatic heterocycles. The molecule has 0 spiro atoms. The third kappa shape index (κ3) is 4.40. The van der Waals surface area contributed by atoms with E-state index in [1.807, 2.05) is 12.1 Å². The summed E-state index contributed by atoms with van der Waals surface area (Å²) in [5.74, 6) is 5.99. The highest BCUT2D eigenvalue weighted by Gasteiger charge is 2.14. The fourth-order valence-corrected chi connectivity index (χ4v) is 2.61. The molecule has 20 heavy (non-hydrogen) atoms. The van der Waals surface area contributed by atoms with Crippen LogP contribution in [0.1, 0.15) is 48.0 Å². The summed E-state index contributed by atoms with van der Waals surface area (Å²) in [6.45, 7) is 0.601. The molecule has 0 atom stereocenters. The van der Waals surface area contributed by atoms with Gasteiger partial charge in [-0.2, -0.15) is 0 Å². The minimum absolute atomic E-state index is 0.0387. The van der Waals surface area contributed by atoms with E-state index >= 15 is 0 Å². The van der Waals surface area contributed by atoms with Gasteiger partial charge in [0.2, 0.25) is 0 Å². The zero-order valence-corrected chi connectivity index (χ0v) is 11.7. The van der Waals surface area contributed by atoms with Gasteiger partial charge in [-0.25, -0.2) is 0 Å². The predicted octanol–water partition coefficient (Wildman–Crippen LogP) is 2.34. The van der Waals surface area contributed by atoms with Gasteiger partial charge in [0.05, 0.1) is 0 Å². The molecule has 1 amide bonds. The van der Waals surface area contributed by atoms with E-state index in [1.165, 1.54) is 32.1 Å². The van der Waals surface area contributed by atoms with Gasteiger partial charge in [0.25, 0.3) is 5.91 Å². The highest BCUT2D eigenvalue weighted by Crippen LogP contribution is 2.22. The highest BCUT2D eigenvalue weighted by molar-refractivity contribution is 5.94. The lowest BCUT2D eigenvalue weighted by atomic mass is 9.89. The van der Waals surface area contributed by atoms with Crippen LogP contribution in [0.5, 0.6) is 0 Å². The highest BCUT2D eigenvalue weighted by atomic mass is 16.2. The van der Waals surface area contributed by atoms with Crippen LogP contribution in [0, 0.1) is 17.8 Å². The molecule has 2 rings (SSSR count). The second-order valence-electron chi connectivity index (χ2n) is 5.25. The van der Waals surface area contributed by atoms with E-state index < -0.39 is 0 Å². The molecule has 1 aromatic rings. The maximum atomic E-state index is 12.1. The summed E-state index contributed by atoms with van der Waals surface area (Å²) in [6.07, 6.45) is 6.35. The molecule has 1 aliphatic rings. The lowest BCUT2D eigenvalue weighted by Gasteiger charge is -2.21. The fraction of sp³-hybridized carbons (Fsp3) is 0.471. The van der Waals surface area contributed by atoms with Crippen molar-refractivity contribution < 1.29 is 9.90 Å². The number of nitrogens with one attached hydrogen (secondary N) is 1. The third-order valence-electron chi connectivity index (χ3n) is 3.71. The monoisotopic (exact) mass is 271 g/mol. The summed E-state index contributed by atoms with van der Waals surface area (Å²) in [5.41, 5.74) is 1.38. The largest absolute Gasteiger partial charge is 0.384 e. The molecule has 1 fully saturated rings. The van der Waals surface area contributed by atoms with Gasteiger partial charge in [-0.3, -0.25) is 4.79 Å². The number of aliphatic hydroxyl groups is 1. The zero-order chi connectivity index (χ0) is 14.2. The van der Waals surface area contributed by atoms with Crippen molar-refractivity contribution in [2.45, 2.75) is 32.1 Å². The van der Waals surface area contributed by atoms with Gasteiger partial charge in [-0.1, -0.05) is 37.2 Å². The van der Waals surface area contributed by atoms with Crippen LogP contribution in [0.2, 0.25) is 0 Å². The van der Waals surface area contributed by atoms with Crippen LogP contribution in [0.4, 0.5) is 0 Å². The van der Waals surface area contributed by atoms with Gasteiger partial charge in [-0.15, -0.1) is 0 Å². The van der Waals surface area contributed by atoms with Gasteiger partial charge >= 0.3 is 0 Å². The average Bonchev–Trinajstić information content (AvgIpc) is 2.52. The van der Waals surface area contributed by atoms with E-state index in [4.69, 9.17) is 5.11 Å². The SMILES string of the molecule is O=C(NCC1CCCCC1)c1cccc(C#CCO)c1. The Kier molecular flexibility index (Phi) is 5.64. The third-order valence-corrected chi connectivity index (χ3v) is 3.71. The number of amides is 1. The second-order valence-corrected chi connectivity index (χ2v) is 5.25. The van der Waals surface area contributed by atoms with E-state index in [2.05, 4.69) is 17.2 Å². The molecule has 1 saturated carbocycles. The van der Waals surface area contributed by atoms with Gasteiger partial charge in [0.15, 0.2) is 0 Å². The number of carbonyl (C=O) groups excluding carboxylic acids is 1. The molecule has 0 heterocycles. The first kappa shape index (κ1) is 14.6. The number of carbonyl (C=O) groups is 1. The van der Waals surface area contributed by atoms with E-state index in [9.17, 15) is 4.79 Å². The van der Waals surface area contributed by atoms with E-state index in [-0.39, 0.29) is 12.5 Å². The minimum Gasteiger partial charge on any atom is -0.384 e. The van der Waals surface area contributed by atoms with E-state index in [1.54, 1.807) is 12.1 Å². The first-order valence-electron chi connectivity index (χ1n) is 7.27. The van der Waals surface area contributed by atoms with Crippen molar-refractivity contribution in [2.75, 3.05) is 13.2 Å². The van der Waals surface area contributed by atoms with Crippen LogP contribution in [0.15, 0.2) is 24.3 Å². The molecule has 0 saturated heterocycles. The number of aliphatic hydroxyl groups excluding tert-OH is 1. The Balaban J connectivity index is 1.91. The number of hydrogen-bond acceptors (Lipinski definition) is 2. The van der Waals surface area contributed by atoms with Crippen LogP contribution in [0.3, 0.4) is 0 Å². The molecular formula is C17H21NO2. The average molecular weight is 271 g/mol. The van der Waals surface area contributed by atoms with E-state index in [0.29, 0.717) is 11.5 Å². The first-order chi connectivity index (χ1) is 9.79. The molecule has 3 heteroatoms. The van der Waals surface area contributed by atoms with Gasteiger partial charge < -0.3 is 10.4 Å². The van der Waals surface area contributed by atoms with Gasteiger partial charge in [0.1, 0.15) is 6.61 Å². The molecule has 106 valence electrons. The Labute approximate surface area is 120 Å². The van der Waals surface area contributed by atoms with Gasteiger partial charge in [0, 0.05) is 17.7 Å². The van der Waals surface area contributed by atoms with Crippen LogP contribution in [-0.4, -0.2) is 24.2 Å². The quantitative estimate of drug-likeness (QED) is 0.829. The molecule has 3 nitrogen and oxygen atoms in total. The van der Waals surface area contributed by atoms with Crippen molar-refractivity contribution in [1.29, 1.82) is 0 Å². The lowest BCUT2D eigenvalue weighted by molar-refractivity contribution is 0.0943. The minimum atomic E-state index is -0.169. The van der Waals surface area contributed by atoms with Crippen LogP contribution >= 0.6 is 0 Å². The summed E-state index contributed by atoms with van der Waals surface area (Å²) < 4.78 is 0. The number of benzene rings is 1. The standard InChI is InChI=1S/C17H21NO2/c19-11-5-9-14-8-4-10-16(12-14)17(20)18-13-15-6-2-1-3-7-15/h4,8,10,12,15,19H,1-3,6-7,11,13H2,(H,18,20). The predicted molar refractivity (Wildman–Crippen MR) is 79.3 cm³/mol. The van der Waals surface area contributed by atoms with Gasteiger partial charge in [-0.05, 0) is 37.0 Å². The van der Waals surface area contributed by atoms with Crippen LogP contribution in [0.25, 0.3) is 0 Å². The Morgan fingerprint density at radius 2 is 2.10 bits per heavy atom. The zero-order valence-electron chi connectivity index (χ0n) is 11.7. The smallest absolute Gasteiger partial charge is 0.251 e. The van der Waals surface area contributed by atoms with Crippen LogP contribution < -0.4 is 5.32 Å². The maximum Gasteiger partial charge on any atom is 0.251 e. The molecule has 0 aliphatic heterocycles. The first-order valence-corrected chi connectivity index (χ1v) is 7.27. The van der Waals surface area contributed by atoms with Crippen LogP contribution in [-0.2, 0) is 0 Å². The summed E-state index contributed by atoms with van der Waals surface area (Å²) >= 11 is 0. The number of hydrogen-bond donors (Lipinski definition) is 2. The molecule has 1 aromatic carbocycles. The molecule has 0 radical (unpaired) electrons. The van der Waals surface area contributed by atoms with E-state index in [0.717, 1.165) is 12.1 Å². The summed E-state index contributed by atoms with van der Waals surface area (Å²) in [6, 6.07) is 7.21. The van der Waals surface area contributed by atoms with Crippen molar-refractivity contribution in [3.05, 3.63) is 35.4 Å². The molecular weight excluding hydrogens is 250 g/mol. The molecule has 0 bridgehead atoms. The van der Waals surface area contributed by atoms with Crippen molar-refractivity contribution >= 4 is 5.91 Å². The molecule has 0 unspecified atom stereocenters. The Bertz CT molecular complexity index is 507. The Morgan fingerprint density at radius 3 is 2.85 bits per heavy atom. The lowest BCUT2D eigenvalue weighted by Crippen LogP contribution is -2.30. The normalized spacial score (nSPS) is 15.2. The molecule has 2 N–H and O–H groups in total. The Hall–Kier alpha value is -1.79. The van der Waals surface area contributed by atoms with Crippen molar-refractivity contribution in [1.82, 2.24) is 5.32 Å². The van der Waals surface area contributed by atoms with Crippen molar-refractivity contribution in [2.24, 2.45) is 5.92 Å².